The van der Waals surface area contributed by atoms with Gasteiger partial charge in [0.1, 0.15) is 0 Å². The van der Waals surface area contributed by atoms with Crippen LogP contribution < -0.4 is 0 Å². The number of rotatable bonds is 4. The van der Waals surface area contributed by atoms with Gasteiger partial charge >= 0.3 is 0 Å². The number of hydrogen-bond donors (Lipinski definition) is 0. The minimum atomic E-state index is 0.336. The van der Waals surface area contributed by atoms with Crippen LogP contribution in [0.4, 0.5) is 0 Å². The predicted molar refractivity (Wildman–Crippen MR) is 78.3 cm³/mol. The lowest BCUT2D eigenvalue weighted by Crippen LogP contribution is -2.10. The molecule has 2 aromatic rings. The molecule has 1 unspecified atom stereocenters. The summed E-state index contributed by atoms with van der Waals surface area (Å²) in [4.78, 5) is 0. The second-order valence-electron chi connectivity index (χ2n) is 5.06. The van der Waals surface area contributed by atoms with E-state index in [-0.39, 0.29) is 0 Å². The molecule has 1 saturated heterocycles. The van der Waals surface area contributed by atoms with Crippen molar-refractivity contribution >= 4 is 11.8 Å². The Morgan fingerprint density at radius 2 is 2.15 bits per heavy atom. The van der Waals surface area contributed by atoms with Crippen molar-refractivity contribution in [2.75, 3.05) is 12.4 Å². The monoisotopic (exact) mass is 290 g/mol. The first-order chi connectivity index (χ1) is 9.75. The summed E-state index contributed by atoms with van der Waals surface area (Å²) in [5.74, 6) is 0.908. The van der Waals surface area contributed by atoms with Gasteiger partial charge in [-0.1, -0.05) is 30.0 Å². The Morgan fingerprint density at radius 3 is 2.85 bits per heavy atom. The van der Waals surface area contributed by atoms with Crippen LogP contribution in [0.5, 0.6) is 0 Å². The molecule has 0 bridgehead atoms. The molecule has 1 aliphatic rings. The summed E-state index contributed by atoms with van der Waals surface area (Å²) in [6, 6.07) is 6.22. The highest BCUT2D eigenvalue weighted by atomic mass is 32.2. The summed E-state index contributed by atoms with van der Waals surface area (Å²) in [6.45, 7) is 5.05. The van der Waals surface area contributed by atoms with E-state index in [1.165, 1.54) is 11.1 Å². The maximum absolute atomic E-state index is 5.65. The molecule has 3 rings (SSSR count). The molecule has 1 fully saturated rings. The summed E-state index contributed by atoms with van der Waals surface area (Å²) < 4.78 is 7.48. The van der Waals surface area contributed by atoms with Gasteiger partial charge in [-0.15, -0.1) is 5.10 Å². The van der Waals surface area contributed by atoms with Gasteiger partial charge in [0.2, 0.25) is 5.16 Å². The second-order valence-corrected chi connectivity index (χ2v) is 6.05. The van der Waals surface area contributed by atoms with Gasteiger partial charge in [-0.25, -0.2) is 0 Å². The SMILES string of the molecule is Cc1cccc(C)c1-n1nnnc1SCC1CCCO1. The van der Waals surface area contributed by atoms with Crippen molar-refractivity contribution in [1.82, 2.24) is 20.2 Å². The molecule has 0 spiro atoms. The van der Waals surface area contributed by atoms with Crippen LogP contribution in [0.1, 0.15) is 24.0 Å². The normalized spacial score (nSPS) is 18.6. The summed E-state index contributed by atoms with van der Waals surface area (Å²) >= 11 is 1.67. The second kappa shape index (κ2) is 5.93. The van der Waals surface area contributed by atoms with Crippen molar-refractivity contribution in [3.8, 4) is 5.69 Å². The summed E-state index contributed by atoms with van der Waals surface area (Å²) in [7, 11) is 0. The van der Waals surface area contributed by atoms with E-state index in [0.717, 1.165) is 36.0 Å². The number of para-hydroxylation sites is 1. The van der Waals surface area contributed by atoms with Crippen molar-refractivity contribution in [1.29, 1.82) is 0 Å². The Labute approximate surface area is 122 Å². The maximum atomic E-state index is 5.65. The highest BCUT2D eigenvalue weighted by Crippen LogP contribution is 2.26. The topological polar surface area (TPSA) is 52.8 Å². The lowest BCUT2D eigenvalue weighted by Gasteiger charge is -2.11. The van der Waals surface area contributed by atoms with Crippen molar-refractivity contribution in [3.63, 3.8) is 0 Å². The first kappa shape index (κ1) is 13.6. The number of thioether (sulfide) groups is 1. The Morgan fingerprint density at radius 1 is 1.35 bits per heavy atom. The quantitative estimate of drug-likeness (QED) is 0.810. The minimum absolute atomic E-state index is 0.336. The predicted octanol–water partition coefficient (Wildman–Crippen LogP) is 2.55. The third kappa shape index (κ3) is 2.71. The number of benzene rings is 1. The van der Waals surface area contributed by atoms with Crippen LogP contribution in [0, 0.1) is 13.8 Å². The van der Waals surface area contributed by atoms with E-state index in [9.17, 15) is 0 Å². The van der Waals surface area contributed by atoms with E-state index < -0.39 is 0 Å². The Kier molecular flexibility index (Phi) is 4.03. The van der Waals surface area contributed by atoms with Gasteiger partial charge in [-0.05, 0) is 48.2 Å². The number of nitrogens with zero attached hydrogens (tertiary/aromatic N) is 4. The highest BCUT2D eigenvalue weighted by molar-refractivity contribution is 7.99. The molecule has 5 nitrogen and oxygen atoms in total. The molecule has 20 heavy (non-hydrogen) atoms. The van der Waals surface area contributed by atoms with E-state index >= 15 is 0 Å². The summed E-state index contributed by atoms with van der Waals surface area (Å²) in [6.07, 6.45) is 2.63. The Bertz CT molecular complexity index is 572. The molecule has 6 heteroatoms. The number of aryl methyl sites for hydroxylation is 2. The fourth-order valence-corrected chi connectivity index (χ4v) is 3.43. The van der Waals surface area contributed by atoms with Crippen LogP contribution in [-0.2, 0) is 4.74 Å². The average Bonchev–Trinajstić information content (AvgIpc) is 3.07. The van der Waals surface area contributed by atoms with Gasteiger partial charge in [-0.3, -0.25) is 0 Å². The van der Waals surface area contributed by atoms with Gasteiger partial charge in [-0.2, -0.15) is 4.68 Å². The van der Waals surface area contributed by atoms with Gasteiger partial charge < -0.3 is 4.74 Å². The Hall–Kier alpha value is -1.40. The molecule has 0 amide bonds. The summed E-state index contributed by atoms with van der Waals surface area (Å²) in [5.41, 5.74) is 3.43. The fraction of sp³-hybridized carbons (Fsp3) is 0.500. The molecule has 2 heterocycles. The third-order valence-electron chi connectivity index (χ3n) is 3.51. The smallest absolute Gasteiger partial charge is 0.214 e. The van der Waals surface area contributed by atoms with Gasteiger partial charge in [0.15, 0.2) is 0 Å². The molecule has 0 N–H and O–H groups in total. The molecule has 1 aliphatic heterocycles. The lowest BCUT2D eigenvalue weighted by atomic mass is 10.1. The van der Waals surface area contributed by atoms with Crippen molar-refractivity contribution < 1.29 is 4.74 Å². The van der Waals surface area contributed by atoms with Crippen molar-refractivity contribution in [3.05, 3.63) is 29.3 Å². The first-order valence-electron chi connectivity index (χ1n) is 6.85. The van der Waals surface area contributed by atoms with E-state index in [0.29, 0.717) is 6.10 Å². The van der Waals surface area contributed by atoms with Crippen LogP contribution in [0.3, 0.4) is 0 Å². The van der Waals surface area contributed by atoms with Crippen LogP contribution in [0.15, 0.2) is 23.4 Å². The van der Waals surface area contributed by atoms with E-state index in [1.54, 1.807) is 11.8 Å². The van der Waals surface area contributed by atoms with E-state index in [1.807, 2.05) is 4.68 Å². The number of tetrazole rings is 1. The molecule has 1 atom stereocenters. The van der Waals surface area contributed by atoms with E-state index in [4.69, 9.17) is 4.74 Å². The Balaban J connectivity index is 1.82. The molecule has 106 valence electrons. The van der Waals surface area contributed by atoms with Gasteiger partial charge in [0.05, 0.1) is 11.8 Å². The third-order valence-corrected chi connectivity index (χ3v) is 4.57. The maximum Gasteiger partial charge on any atom is 0.214 e. The first-order valence-corrected chi connectivity index (χ1v) is 7.83. The molecule has 1 aromatic carbocycles. The molecular formula is C14H18N4OS. The summed E-state index contributed by atoms with van der Waals surface area (Å²) in [5, 5.41) is 13.0. The molecule has 0 saturated carbocycles. The molecule has 0 aliphatic carbocycles. The number of hydrogen-bond acceptors (Lipinski definition) is 5. The number of ether oxygens (including phenoxy) is 1. The van der Waals surface area contributed by atoms with Crippen LogP contribution in [-0.4, -0.2) is 38.7 Å². The lowest BCUT2D eigenvalue weighted by molar-refractivity contribution is 0.129. The van der Waals surface area contributed by atoms with Gasteiger partial charge in [0.25, 0.3) is 0 Å². The standard InChI is InChI=1S/C14H18N4OS/c1-10-5-3-6-11(2)13(10)18-14(15-16-17-18)20-9-12-7-4-8-19-12/h3,5-6,12H,4,7-9H2,1-2H3. The zero-order chi connectivity index (χ0) is 13.9. The minimum Gasteiger partial charge on any atom is -0.377 e. The molecular weight excluding hydrogens is 272 g/mol. The highest BCUT2D eigenvalue weighted by Gasteiger charge is 2.19. The zero-order valence-corrected chi connectivity index (χ0v) is 12.6. The van der Waals surface area contributed by atoms with Crippen molar-refractivity contribution in [2.45, 2.75) is 37.9 Å². The van der Waals surface area contributed by atoms with Crippen molar-refractivity contribution in [2.24, 2.45) is 0 Å². The van der Waals surface area contributed by atoms with E-state index in [2.05, 4.69) is 47.6 Å². The zero-order valence-electron chi connectivity index (χ0n) is 11.7. The molecule has 0 radical (unpaired) electrons. The fourth-order valence-electron chi connectivity index (χ4n) is 2.49. The van der Waals surface area contributed by atoms with Gasteiger partial charge in [0, 0.05) is 12.4 Å². The van der Waals surface area contributed by atoms with Crippen LogP contribution >= 0.6 is 11.8 Å². The largest absolute Gasteiger partial charge is 0.377 e. The van der Waals surface area contributed by atoms with Crippen LogP contribution in [0.25, 0.3) is 5.69 Å². The van der Waals surface area contributed by atoms with Crippen LogP contribution in [0.2, 0.25) is 0 Å². The number of aromatic nitrogens is 4. The average molecular weight is 290 g/mol. The molecule has 1 aromatic heterocycles.